The van der Waals surface area contributed by atoms with Gasteiger partial charge >= 0.3 is 36.0 Å². The average Bonchev–Trinajstić information content (AvgIpc) is 0.757. The topological polar surface area (TPSA) is 299 Å². The Morgan fingerprint density at radius 2 is 1.12 bits per heavy atom. The lowest BCUT2D eigenvalue weighted by atomic mass is 9.81. The zero-order valence-electron chi connectivity index (χ0n) is 67.8. The third-order valence-electron chi connectivity index (χ3n) is 22.1. The Morgan fingerprint density at radius 1 is 0.611 bits per heavy atom. The zero-order chi connectivity index (χ0) is 79.2. The second-order valence-electron chi connectivity index (χ2n) is 31.3. The number of hydrogen-bond acceptors (Lipinski definition) is 22. The summed E-state index contributed by atoms with van der Waals surface area (Å²) in [5.74, 6) is -12.4. The Hall–Kier alpha value is -5.59. The van der Waals surface area contributed by atoms with Crippen LogP contribution in [0, 0.1) is 29.6 Å². The first-order valence-electron chi connectivity index (χ1n) is 41.6. The highest BCUT2D eigenvalue weighted by atomic mass is 16.8. The largest absolute Gasteiger partial charge is 0.514 e. The van der Waals surface area contributed by atoms with Crippen molar-refractivity contribution in [2.75, 3.05) is 47.9 Å². The minimum atomic E-state index is -2.77. The number of Topliss-reactive ketones (excluding diaryl/α,β-unsaturated/α-hetero) is 2. The number of unbranched alkanes of at least 4 members (excludes halogenated alkanes) is 24. The summed E-state index contributed by atoms with van der Waals surface area (Å²) in [6.45, 7) is 15.2. The third kappa shape index (κ3) is 35.0. The maximum atomic E-state index is 15.5. The molecule has 108 heavy (non-hydrogen) atoms. The van der Waals surface area contributed by atoms with Gasteiger partial charge in [-0.3, -0.25) is 33.6 Å². The molecule has 618 valence electrons. The van der Waals surface area contributed by atoms with Gasteiger partial charge in [-0.2, -0.15) is 0 Å². The lowest BCUT2D eigenvalue weighted by molar-refractivity contribution is -0.305. The molecule has 0 radical (unpaired) electrons. The van der Waals surface area contributed by atoms with Crippen molar-refractivity contribution in [1.82, 2.24) is 4.90 Å². The van der Waals surface area contributed by atoms with Gasteiger partial charge < -0.3 is 67.2 Å². The van der Waals surface area contributed by atoms with Gasteiger partial charge in [0.15, 0.2) is 6.10 Å². The smallest absolute Gasteiger partial charge is 0.462 e. The van der Waals surface area contributed by atoms with Crippen molar-refractivity contribution in [3.8, 4) is 0 Å². The maximum Gasteiger partial charge on any atom is 0.514 e. The van der Waals surface area contributed by atoms with E-state index in [4.69, 9.17) is 52.1 Å². The van der Waals surface area contributed by atoms with Gasteiger partial charge in [0, 0.05) is 64.9 Å². The van der Waals surface area contributed by atoms with E-state index >= 15 is 9.59 Å². The molecule has 1 amide bonds. The average molecular weight is 1530 g/mol. The van der Waals surface area contributed by atoms with Crippen LogP contribution in [0.25, 0.3) is 0 Å². The van der Waals surface area contributed by atoms with Crippen LogP contribution in [0.4, 0.5) is 4.79 Å². The Morgan fingerprint density at radius 3 is 1.65 bits per heavy atom. The monoisotopic (exact) mass is 1530 g/mol. The maximum absolute atomic E-state index is 15.5. The van der Waals surface area contributed by atoms with E-state index in [-0.39, 0.29) is 82.3 Å². The van der Waals surface area contributed by atoms with Gasteiger partial charge in [-0.15, -0.1) is 6.58 Å². The standard InChI is InChI=1S/C85H141NO22/c1-12-15-17-19-21-23-25-27-29-31-33-35-37-43-75(90)101-57-67(58-102-76(91)44-38-36-34-32-30-28-26-24-22-20-18-16-13-2)105-78(93)48-47-77(92)103-59-104-84(97)108-85-63(7)54-74(100-11)80(107-85)73(99-10)52-61(5)50-60(4)51-66(41-14-3)71(89)56-70(88)64(8)79(62(6)53-65-45-46-69(87)72(55-65)98-9)106-83(96)68-42-39-40-49-86(68)82(95)81(85)94/h14,51,53,61,63-70,72-74,79-80,87-88H,3,12-13,15-50,52,54-59H2,1-2,4-11H3/b60-51+,62-53+/t61-,63+,64+,65?,66+,68-,69+,70-,72+,73-,74-,79+,80+,85-/m0/s1. The van der Waals surface area contributed by atoms with Crippen LogP contribution in [-0.2, 0) is 90.5 Å². The summed E-state index contributed by atoms with van der Waals surface area (Å²) in [7, 11) is 4.42. The number of carbonyl (C=O) groups excluding carboxylic acids is 9. The fourth-order valence-electron chi connectivity index (χ4n) is 15.6. The van der Waals surface area contributed by atoms with Gasteiger partial charge in [-0.05, 0) is 108 Å². The molecule has 2 N–H and O–H groups in total. The molecule has 4 aliphatic rings. The first-order valence-corrected chi connectivity index (χ1v) is 41.6. The number of esters is 5. The summed E-state index contributed by atoms with van der Waals surface area (Å²) < 4.78 is 64.0. The second-order valence-corrected chi connectivity index (χ2v) is 31.3. The van der Waals surface area contributed by atoms with Crippen LogP contribution in [0.5, 0.6) is 0 Å². The van der Waals surface area contributed by atoms with Crippen molar-refractivity contribution in [2.24, 2.45) is 29.6 Å². The predicted molar refractivity (Wildman–Crippen MR) is 411 cm³/mol. The summed E-state index contributed by atoms with van der Waals surface area (Å²) in [6.07, 6.45) is 28.5. The Kier molecular flexibility index (Phi) is 47.5. The van der Waals surface area contributed by atoms with Crippen molar-refractivity contribution >= 4 is 53.5 Å². The minimum absolute atomic E-state index is 0.0358. The van der Waals surface area contributed by atoms with Crippen molar-refractivity contribution in [2.45, 2.75) is 372 Å². The molecule has 23 heteroatoms. The highest BCUT2D eigenvalue weighted by molar-refractivity contribution is 6.39. The van der Waals surface area contributed by atoms with E-state index in [1.165, 1.54) is 131 Å². The summed E-state index contributed by atoms with van der Waals surface area (Å²) in [5.41, 5.74) is 1.41. The number of piperidine rings is 1. The lowest BCUT2D eigenvalue weighted by Gasteiger charge is -2.48. The molecule has 14 atom stereocenters. The zero-order valence-corrected chi connectivity index (χ0v) is 67.8. The number of carbonyl (C=O) groups is 9. The molecule has 2 saturated heterocycles. The Balaban J connectivity index is 1.50. The fourth-order valence-corrected chi connectivity index (χ4v) is 15.6. The summed E-state index contributed by atoms with van der Waals surface area (Å²) in [4.78, 5) is 128. The highest BCUT2D eigenvalue weighted by Gasteiger charge is 2.61. The molecule has 0 aromatic heterocycles. The van der Waals surface area contributed by atoms with Crippen molar-refractivity contribution in [3.05, 3.63) is 36.0 Å². The van der Waals surface area contributed by atoms with E-state index in [0.29, 0.717) is 56.9 Å². The van der Waals surface area contributed by atoms with Gasteiger partial charge in [0.1, 0.15) is 37.2 Å². The molecular formula is C85H141NO22. The number of aliphatic hydroxyl groups is 2. The summed E-state index contributed by atoms with van der Waals surface area (Å²) in [6, 6.07) is -1.36. The summed E-state index contributed by atoms with van der Waals surface area (Å²) >= 11 is 0. The fraction of sp³-hybridized carbons (Fsp3) is 0.824. The van der Waals surface area contributed by atoms with E-state index in [1.807, 2.05) is 26.0 Å². The van der Waals surface area contributed by atoms with E-state index in [9.17, 15) is 43.8 Å². The minimum Gasteiger partial charge on any atom is -0.462 e. The van der Waals surface area contributed by atoms with Gasteiger partial charge in [0.2, 0.25) is 6.79 Å². The van der Waals surface area contributed by atoms with Crippen LogP contribution in [0.3, 0.4) is 0 Å². The molecule has 3 fully saturated rings. The normalized spacial score (nSPS) is 26.9. The van der Waals surface area contributed by atoms with Crippen molar-refractivity contribution in [3.63, 3.8) is 0 Å². The molecule has 3 heterocycles. The highest BCUT2D eigenvalue weighted by Crippen LogP contribution is 2.42. The van der Waals surface area contributed by atoms with Crippen LogP contribution in [-0.4, -0.2) is 177 Å². The van der Waals surface area contributed by atoms with E-state index in [0.717, 1.165) is 61.8 Å². The summed E-state index contributed by atoms with van der Waals surface area (Å²) in [5, 5.41) is 22.6. The van der Waals surface area contributed by atoms with Gasteiger partial charge in [-0.25, -0.2) is 9.59 Å². The van der Waals surface area contributed by atoms with Crippen molar-refractivity contribution < 1.29 is 105 Å². The second kappa shape index (κ2) is 54.1. The number of nitrogens with zero attached hydrogens (tertiary/aromatic N) is 1. The number of ketones is 2. The molecule has 1 aliphatic carbocycles. The van der Waals surface area contributed by atoms with E-state index in [1.54, 1.807) is 19.9 Å². The van der Waals surface area contributed by atoms with Crippen LogP contribution in [0.15, 0.2) is 36.0 Å². The van der Waals surface area contributed by atoms with Crippen molar-refractivity contribution in [1.29, 1.82) is 0 Å². The van der Waals surface area contributed by atoms with Gasteiger partial charge in [-0.1, -0.05) is 213 Å². The van der Waals surface area contributed by atoms with Crippen LogP contribution < -0.4 is 0 Å². The van der Waals surface area contributed by atoms with Crippen LogP contribution in [0.2, 0.25) is 0 Å². The molecule has 1 saturated carbocycles. The van der Waals surface area contributed by atoms with Gasteiger partial charge in [0.25, 0.3) is 17.5 Å². The number of methoxy groups -OCH3 is 3. The Labute approximate surface area is 646 Å². The number of cyclic esters (lactones) is 1. The Bertz CT molecular complexity index is 2690. The van der Waals surface area contributed by atoms with E-state index < -0.39 is 146 Å². The number of ether oxygens (including phenoxy) is 11. The molecular weight excluding hydrogens is 1390 g/mol. The number of fused-ring (bicyclic) bond motifs is 3. The molecule has 0 aromatic carbocycles. The van der Waals surface area contributed by atoms with E-state index in [2.05, 4.69) is 20.4 Å². The molecule has 1 unspecified atom stereocenters. The number of aliphatic hydroxyl groups excluding tert-OH is 2. The number of allylic oxidation sites excluding steroid dienone is 4. The molecule has 4 rings (SSSR count). The molecule has 0 spiro atoms. The first-order chi connectivity index (χ1) is 51.9. The quantitative estimate of drug-likeness (QED) is 0.0143. The first kappa shape index (κ1) is 94.8. The number of hydrogen-bond donors (Lipinski definition) is 2. The molecule has 0 aromatic rings. The van der Waals surface area contributed by atoms with Crippen LogP contribution in [0.1, 0.15) is 312 Å². The predicted octanol–water partition coefficient (Wildman–Crippen LogP) is 16.0. The number of amides is 1. The van der Waals surface area contributed by atoms with Crippen LogP contribution >= 0.6 is 0 Å². The van der Waals surface area contributed by atoms with Gasteiger partial charge in [0.05, 0.1) is 43.4 Å². The molecule has 2 bridgehead atoms. The number of rotatable bonds is 46. The molecule has 23 nitrogen and oxygen atoms in total. The molecule has 3 aliphatic heterocycles. The third-order valence-corrected chi connectivity index (χ3v) is 22.1. The lowest BCUT2D eigenvalue weighted by Crippen LogP contribution is -2.66. The SMILES string of the molecule is C=CC[C@@H]1/C=C(\C)C[C@H](C)C[C@H](OC)[C@H]2O[C@@](OC(=O)OCOC(=O)CCC(=O)OC(COC(=O)CCCCCCCCCCCCCCC)COC(=O)CCCCCCCCCCCCCCC)(C(=O)C(=O)N3CCCC[C@H]3C(=O)O[C@H](/C(C)=C/C3CC[C@@H](O)[C@H](OC)C3)[C@H](C)[C@@H](O)CC1=O)[C@H](C)C[C@@H]2OC.